The van der Waals surface area contributed by atoms with Gasteiger partial charge in [-0.15, -0.1) is 5.10 Å². The van der Waals surface area contributed by atoms with Gasteiger partial charge in [0.05, 0.1) is 61.8 Å². The molecular weight excluding hydrogens is 795 g/mol. The number of fused-ring (bicyclic) bond motifs is 1. The fraction of sp³-hybridized carbons (Fsp3) is 0.513. The van der Waals surface area contributed by atoms with Crippen LogP contribution in [0.1, 0.15) is 40.1 Å². The maximum Gasteiger partial charge on any atom is 0.317 e. The van der Waals surface area contributed by atoms with Gasteiger partial charge in [0.25, 0.3) is 11.8 Å². The van der Waals surface area contributed by atoms with E-state index in [-0.39, 0.29) is 68.9 Å². The van der Waals surface area contributed by atoms with E-state index in [1.54, 1.807) is 28.0 Å². The molecule has 1 atom stereocenters. The second-order valence-electron chi connectivity index (χ2n) is 14.7. The van der Waals surface area contributed by atoms with Gasteiger partial charge in [-0.05, 0) is 43.5 Å². The third-order valence-electron chi connectivity index (χ3n) is 10.4. The van der Waals surface area contributed by atoms with E-state index in [0.29, 0.717) is 88.3 Å². The second-order valence-corrected chi connectivity index (χ2v) is 14.7. The van der Waals surface area contributed by atoms with Gasteiger partial charge in [0.15, 0.2) is 5.69 Å². The molecule has 4 amide bonds. The summed E-state index contributed by atoms with van der Waals surface area (Å²) in [6, 6.07) is 8.23. The number of hydrogen-bond donors (Lipinski definition) is 5. The van der Waals surface area contributed by atoms with E-state index >= 15 is 0 Å². The van der Waals surface area contributed by atoms with E-state index in [2.05, 4.69) is 37.3 Å². The Labute approximate surface area is 351 Å². The fourth-order valence-electron chi connectivity index (χ4n) is 7.11. The molecule has 5 rings (SSSR count). The molecule has 0 saturated carbocycles. The van der Waals surface area contributed by atoms with Crippen LogP contribution in [-0.4, -0.2) is 207 Å². The minimum absolute atomic E-state index is 0.0234. The molecule has 2 aromatic heterocycles. The molecule has 22 heteroatoms. The van der Waals surface area contributed by atoms with E-state index in [1.807, 2.05) is 9.80 Å². The van der Waals surface area contributed by atoms with Crippen molar-refractivity contribution in [3.05, 3.63) is 47.9 Å². The monoisotopic (exact) mass is 845 g/mol. The standard InChI is InChI=1S/C39H51N13O9/c40-22-29-3-1-10-51(29)35(55)23-44-38(60)30-6-9-41-32-5-4-28(21-31(30)32)52-24-33(45-46-52)39(61)43-8-2-7-42-34(54)25-48-13-11-47(19-20-53)12-14-49(26-36(56)57)17-18-50(16-15-48)27-37(58)59/h4-6,9,20-21,24,29H,1-3,7-8,10-19,23,25-27H2,(H,42,54)(H,43,61)(H,44,60)(H,56,57)(H,58,59). The zero-order valence-electron chi connectivity index (χ0n) is 33.8. The third kappa shape index (κ3) is 13.8. The summed E-state index contributed by atoms with van der Waals surface area (Å²) in [6.45, 7) is 3.40. The average molecular weight is 846 g/mol. The number of nitrogens with one attached hydrogen (secondary N) is 3. The Morgan fingerprint density at radius 1 is 0.803 bits per heavy atom. The number of carbonyl (C=O) groups excluding carboxylic acids is 5. The van der Waals surface area contributed by atoms with E-state index in [1.165, 1.54) is 28.0 Å². The smallest absolute Gasteiger partial charge is 0.317 e. The van der Waals surface area contributed by atoms with Gasteiger partial charge in [0.2, 0.25) is 11.8 Å². The third-order valence-corrected chi connectivity index (χ3v) is 10.4. The van der Waals surface area contributed by atoms with Gasteiger partial charge in [-0.2, -0.15) is 5.26 Å². The van der Waals surface area contributed by atoms with Crippen LogP contribution in [0.25, 0.3) is 16.6 Å². The molecule has 0 spiro atoms. The summed E-state index contributed by atoms with van der Waals surface area (Å²) < 4.78 is 1.38. The predicted octanol–water partition coefficient (Wildman–Crippen LogP) is -2.11. The Kier molecular flexibility index (Phi) is 17.1. The number of aromatic nitrogens is 4. The van der Waals surface area contributed by atoms with Gasteiger partial charge in [0.1, 0.15) is 12.3 Å². The molecular formula is C39H51N13O9. The van der Waals surface area contributed by atoms with Crippen molar-refractivity contribution in [2.24, 2.45) is 0 Å². The van der Waals surface area contributed by atoms with Crippen LogP contribution in [0.5, 0.6) is 0 Å². The van der Waals surface area contributed by atoms with Crippen LogP contribution in [-0.2, 0) is 24.0 Å². The zero-order chi connectivity index (χ0) is 43.7. The predicted molar refractivity (Wildman–Crippen MR) is 216 cm³/mol. The minimum Gasteiger partial charge on any atom is -0.480 e. The minimum atomic E-state index is -1.02. The fourth-order valence-corrected chi connectivity index (χ4v) is 7.11. The first-order valence-corrected chi connectivity index (χ1v) is 20.0. The highest BCUT2D eigenvalue weighted by molar-refractivity contribution is 6.07. The highest BCUT2D eigenvalue weighted by Crippen LogP contribution is 2.21. The van der Waals surface area contributed by atoms with Crippen LogP contribution < -0.4 is 16.0 Å². The molecule has 0 radical (unpaired) electrons. The molecule has 2 fully saturated rings. The molecule has 2 saturated heterocycles. The van der Waals surface area contributed by atoms with Crippen molar-refractivity contribution in [1.29, 1.82) is 5.26 Å². The van der Waals surface area contributed by atoms with Crippen molar-refractivity contribution in [2.45, 2.75) is 25.3 Å². The lowest BCUT2D eigenvalue weighted by molar-refractivity contribution is -0.140. The van der Waals surface area contributed by atoms with Crippen LogP contribution in [0, 0.1) is 11.3 Å². The van der Waals surface area contributed by atoms with Crippen LogP contribution in [0.3, 0.4) is 0 Å². The molecule has 0 bridgehead atoms. The first-order valence-electron chi connectivity index (χ1n) is 20.0. The number of nitriles is 1. The topological polar surface area (TPSA) is 280 Å². The second kappa shape index (κ2) is 22.8. The van der Waals surface area contributed by atoms with Crippen LogP contribution in [0.2, 0.25) is 0 Å². The van der Waals surface area contributed by atoms with E-state index in [0.717, 1.165) is 12.7 Å². The summed E-state index contributed by atoms with van der Waals surface area (Å²) in [5.41, 5.74) is 1.33. The lowest BCUT2D eigenvalue weighted by Gasteiger charge is -2.32. The number of amides is 4. The first-order chi connectivity index (χ1) is 29.4. The summed E-state index contributed by atoms with van der Waals surface area (Å²) in [7, 11) is 0. The number of likely N-dealkylation sites (tertiary alicyclic amines) is 1. The maximum atomic E-state index is 13.2. The molecule has 1 aromatic carbocycles. The van der Waals surface area contributed by atoms with Gasteiger partial charge >= 0.3 is 11.9 Å². The normalized spacial score (nSPS) is 17.4. The van der Waals surface area contributed by atoms with Crippen LogP contribution in [0.15, 0.2) is 36.7 Å². The highest BCUT2D eigenvalue weighted by atomic mass is 16.4. The number of nitrogens with zero attached hydrogens (tertiary/aromatic N) is 10. The van der Waals surface area contributed by atoms with E-state index < -0.39 is 29.8 Å². The van der Waals surface area contributed by atoms with Gasteiger partial charge < -0.3 is 35.9 Å². The van der Waals surface area contributed by atoms with Gasteiger partial charge in [0, 0.05) is 83.6 Å². The van der Waals surface area contributed by atoms with Gasteiger partial charge in [-0.1, -0.05) is 5.21 Å². The molecule has 3 aromatic rings. The Hall–Kier alpha value is -6.41. The van der Waals surface area contributed by atoms with Crippen molar-refractivity contribution in [3.63, 3.8) is 0 Å². The molecule has 2 aliphatic heterocycles. The van der Waals surface area contributed by atoms with Gasteiger partial charge in [-0.3, -0.25) is 53.4 Å². The summed E-state index contributed by atoms with van der Waals surface area (Å²) in [4.78, 5) is 99.1. The molecule has 0 aliphatic carbocycles. The Morgan fingerprint density at radius 2 is 1.44 bits per heavy atom. The SMILES string of the molecule is N#CC1CCCN1C(=O)CNC(=O)c1ccnc2ccc(-n3cc(C(=O)NCCCNC(=O)CN4CCN(CC=O)CCN(CC(=O)O)CCN(CC(=O)O)CC4)nn3)cc12. The highest BCUT2D eigenvalue weighted by Gasteiger charge is 2.29. The van der Waals surface area contributed by atoms with Crippen molar-refractivity contribution in [1.82, 2.24) is 60.4 Å². The number of hydrogen-bond acceptors (Lipinski definition) is 15. The van der Waals surface area contributed by atoms with E-state index in [4.69, 9.17) is 0 Å². The molecule has 22 nitrogen and oxygen atoms in total. The van der Waals surface area contributed by atoms with Crippen molar-refractivity contribution >= 4 is 52.8 Å². The van der Waals surface area contributed by atoms with Crippen molar-refractivity contribution < 1.29 is 43.8 Å². The number of pyridine rings is 1. The number of aliphatic carboxylic acids is 2. The largest absolute Gasteiger partial charge is 0.480 e. The number of carbonyl (C=O) groups is 7. The van der Waals surface area contributed by atoms with E-state index in [9.17, 15) is 49.0 Å². The number of benzene rings is 1. The summed E-state index contributed by atoms with van der Waals surface area (Å²) in [6.07, 6.45) is 5.44. The molecule has 61 heavy (non-hydrogen) atoms. The molecule has 4 heterocycles. The van der Waals surface area contributed by atoms with Gasteiger partial charge in [-0.25, -0.2) is 4.68 Å². The summed E-state index contributed by atoms with van der Waals surface area (Å²) in [5, 5.41) is 44.9. The summed E-state index contributed by atoms with van der Waals surface area (Å²) >= 11 is 0. The number of aldehydes is 1. The Bertz CT molecular complexity index is 2090. The molecule has 326 valence electrons. The van der Waals surface area contributed by atoms with Crippen LogP contribution >= 0.6 is 0 Å². The summed E-state index contributed by atoms with van der Waals surface area (Å²) in [5.74, 6) is -3.59. The van der Waals surface area contributed by atoms with Crippen LogP contribution in [0.4, 0.5) is 0 Å². The Balaban J connectivity index is 1.09. The maximum absolute atomic E-state index is 13.2. The molecule has 5 N–H and O–H groups in total. The quantitative estimate of drug-likeness (QED) is 0.0718. The number of carboxylic acids is 2. The number of rotatable bonds is 17. The lowest BCUT2D eigenvalue weighted by atomic mass is 10.1. The van der Waals surface area contributed by atoms with Crippen molar-refractivity contribution in [2.75, 3.05) is 105 Å². The zero-order valence-corrected chi connectivity index (χ0v) is 33.8. The lowest BCUT2D eigenvalue weighted by Crippen LogP contribution is -2.49. The van der Waals surface area contributed by atoms with Crippen molar-refractivity contribution in [3.8, 4) is 11.8 Å². The molecule has 2 aliphatic rings. The average Bonchev–Trinajstić information content (AvgIpc) is 3.94. The molecule has 1 unspecified atom stereocenters. The number of carboxylic acid groups (broad SMARTS) is 2. The Morgan fingerprint density at radius 3 is 2.08 bits per heavy atom. The first kappa shape index (κ1) is 45.7.